The first-order chi connectivity index (χ1) is 11.1. The Kier molecular flexibility index (Phi) is 4.50. The fourth-order valence-electron chi connectivity index (χ4n) is 2.66. The van der Waals surface area contributed by atoms with Crippen molar-refractivity contribution >= 4 is 23.2 Å². The van der Waals surface area contributed by atoms with Gasteiger partial charge >= 0.3 is 0 Å². The van der Waals surface area contributed by atoms with E-state index in [1.807, 2.05) is 18.2 Å². The molecule has 1 saturated heterocycles. The van der Waals surface area contributed by atoms with E-state index in [0.717, 1.165) is 37.5 Å². The van der Waals surface area contributed by atoms with Crippen molar-refractivity contribution in [2.24, 2.45) is 5.92 Å². The Hall–Kier alpha value is -2.50. The molecule has 1 aliphatic rings. The van der Waals surface area contributed by atoms with E-state index in [0.29, 0.717) is 17.3 Å². The summed E-state index contributed by atoms with van der Waals surface area (Å²) in [4.78, 5) is 18.2. The van der Waals surface area contributed by atoms with Gasteiger partial charge in [-0.05, 0) is 37.8 Å². The number of Topliss-reactive ketones (excluding diaryl/α,β-unsaturated/α-hetero) is 1. The molecule has 1 aromatic heterocycles. The number of carbonyl (C=O) groups excluding carboxylic acids is 1. The van der Waals surface area contributed by atoms with E-state index >= 15 is 0 Å². The molecule has 2 heterocycles. The predicted octanol–water partition coefficient (Wildman–Crippen LogP) is 3.05. The van der Waals surface area contributed by atoms with Crippen LogP contribution >= 0.6 is 0 Å². The molecule has 6 heteroatoms. The number of aromatic nitrogens is 3. The van der Waals surface area contributed by atoms with Crippen LogP contribution in [0.5, 0.6) is 0 Å². The number of piperidine rings is 1. The molecule has 1 aromatic carbocycles. The van der Waals surface area contributed by atoms with Crippen molar-refractivity contribution in [1.82, 2.24) is 15.2 Å². The lowest BCUT2D eigenvalue weighted by molar-refractivity contribution is 0.101. The number of ketones is 1. The van der Waals surface area contributed by atoms with Gasteiger partial charge in [0, 0.05) is 24.3 Å². The molecule has 23 heavy (non-hydrogen) atoms. The third kappa shape index (κ3) is 3.83. The van der Waals surface area contributed by atoms with Crippen LogP contribution in [-0.2, 0) is 0 Å². The first-order valence-corrected chi connectivity index (χ1v) is 7.94. The molecule has 0 aliphatic carbocycles. The number of carbonyl (C=O) groups is 1. The second kappa shape index (κ2) is 6.73. The van der Waals surface area contributed by atoms with Crippen LogP contribution in [0, 0.1) is 5.92 Å². The van der Waals surface area contributed by atoms with Crippen LogP contribution in [0.25, 0.3) is 0 Å². The van der Waals surface area contributed by atoms with Crippen LogP contribution in [0.3, 0.4) is 0 Å². The number of anilines is 3. The molecule has 0 bridgehead atoms. The van der Waals surface area contributed by atoms with Crippen molar-refractivity contribution in [3.63, 3.8) is 0 Å². The fourth-order valence-corrected chi connectivity index (χ4v) is 2.66. The second-order valence-corrected chi connectivity index (χ2v) is 6.07. The number of benzene rings is 1. The van der Waals surface area contributed by atoms with Gasteiger partial charge in [-0.2, -0.15) is 10.1 Å². The molecule has 0 radical (unpaired) electrons. The van der Waals surface area contributed by atoms with Crippen molar-refractivity contribution in [2.75, 3.05) is 23.3 Å². The van der Waals surface area contributed by atoms with E-state index in [1.54, 1.807) is 19.2 Å². The van der Waals surface area contributed by atoms with Crippen LogP contribution in [-0.4, -0.2) is 34.1 Å². The molecule has 1 aliphatic heterocycles. The van der Waals surface area contributed by atoms with E-state index in [4.69, 9.17) is 0 Å². The zero-order valence-corrected chi connectivity index (χ0v) is 13.5. The monoisotopic (exact) mass is 311 g/mol. The molecule has 0 amide bonds. The van der Waals surface area contributed by atoms with Crippen molar-refractivity contribution in [3.05, 3.63) is 36.0 Å². The molecular weight excluding hydrogens is 290 g/mol. The average molecular weight is 311 g/mol. The van der Waals surface area contributed by atoms with Crippen molar-refractivity contribution in [1.29, 1.82) is 0 Å². The Morgan fingerprint density at radius 1 is 1.30 bits per heavy atom. The lowest BCUT2D eigenvalue weighted by Gasteiger charge is -2.29. The average Bonchev–Trinajstić information content (AvgIpc) is 2.56. The van der Waals surface area contributed by atoms with E-state index in [9.17, 15) is 4.79 Å². The van der Waals surface area contributed by atoms with Gasteiger partial charge < -0.3 is 10.2 Å². The molecule has 0 spiro atoms. The number of hydrogen-bond acceptors (Lipinski definition) is 6. The molecule has 1 N–H and O–H groups in total. The zero-order valence-electron chi connectivity index (χ0n) is 13.5. The van der Waals surface area contributed by atoms with E-state index < -0.39 is 0 Å². The minimum atomic E-state index is 0.0394. The van der Waals surface area contributed by atoms with Gasteiger partial charge in [-0.1, -0.05) is 19.1 Å². The molecule has 1 fully saturated rings. The molecule has 3 rings (SSSR count). The maximum Gasteiger partial charge on any atom is 0.247 e. The van der Waals surface area contributed by atoms with E-state index in [2.05, 4.69) is 32.3 Å². The standard InChI is InChI=1S/C17H21N5O/c1-12-6-8-22(9-7-12)17-20-16(11-18-21-17)19-15-5-3-4-14(10-15)13(2)23/h3-5,10-12H,6-9H2,1-2H3,(H,19,20,21). The molecule has 120 valence electrons. The molecule has 2 aromatic rings. The summed E-state index contributed by atoms with van der Waals surface area (Å²) in [5, 5.41) is 11.4. The summed E-state index contributed by atoms with van der Waals surface area (Å²) in [5.41, 5.74) is 1.48. The van der Waals surface area contributed by atoms with Gasteiger partial charge in [0.15, 0.2) is 11.6 Å². The van der Waals surface area contributed by atoms with Gasteiger partial charge in [0.25, 0.3) is 0 Å². The highest BCUT2D eigenvalue weighted by molar-refractivity contribution is 5.95. The number of rotatable bonds is 4. The maximum absolute atomic E-state index is 11.5. The Morgan fingerprint density at radius 2 is 2.09 bits per heavy atom. The Morgan fingerprint density at radius 3 is 2.83 bits per heavy atom. The zero-order chi connectivity index (χ0) is 16.2. The first-order valence-electron chi connectivity index (χ1n) is 7.94. The molecule has 0 unspecified atom stereocenters. The summed E-state index contributed by atoms with van der Waals surface area (Å²) in [6.45, 7) is 5.76. The second-order valence-electron chi connectivity index (χ2n) is 6.07. The Bertz CT molecular complexity index is 695. The summed E-state index contributed by atoms with van der Waals surface area (Å²) in [6.07, 6.45) is 3.90. The SMILES string of the molecule is CC(=O)c1cccc(Nc2cnnc(N3CCC(C)CC3)n2)c1. The topological polar surface area (TPSA) is 71.0 Å². The predicted molar refractivity (Wildman–Crippen MR) is 90.2 cm³/mol. The minimum absolute atomic E-state index is 0.0394. The van der Waals surface area contributed by atoms with Crippen molar-refractivity contribution < 1.29 is 4.79 Å². The van der Waals surface area contributed by atoms with Crippen molar-refractivity contribution in [3.8, 4) is 0 Å². The van der Waals surface area contributed by atoms with Gasteiger partial charge in [0.05, 0.1) is 6.20 Å². The third-order valence-corrected chi connectivity index (χ3v) is 4.16. The number of hydrogen-bond donors (Lipinski definition) is 1. The molecule has 0 saturated carbocycles. The highest BCUT2D eigenvalue weighted by Gasteiger charge is 2.18. The van der Waals surface area contributed by atoms with E-state index in [-0.39, 0.29) is 5.78 Å². The Labute approximate surface area is 136 Å². The van der Waals surface area contributed by atoms with Gasteiger partial charge in [-0.15, -0.1) is 5.10 Å². The van der Waals surface area contributed by atoms with Gasteiger partial charge in [-0.25, -0.2) is 0 Å². The lowest BCUT2D eigenvalue weighted by atomic mass is 10.00. The van der Waals surface area contributed by atoms with Crippen LogP contribution in [0.2, 0.25) is 0 Å². The van der Waals surface area contributed by atoms with Crippen LogP contribution in [0.15, 0.2) is 30.5 Å². The molecular formula is C17H21N5O. The largest absolute Gasteiger partial charge is 0.339 e. The smallest absolute Gasteiger partial charge is 0.247 e. The maximum atomic E-state index is 11.5. The summed E-state index contributed by atoms with van der Waals surface area (Å²) in [5.74, 6) is 2.09. The van der Waals surface area contributed by atoms with Gasteiger partial charge in [0.2, 0.25) is 5.95 Å². The first kappa shape index (κ1) is 15.4. The Balaban J connectivity index is 1.75. The number of nitrogens with zero attached hydrogens (tertiary/aromatic N) is 4. The van der Waals surface area contributed by atoms with Gasteiger partial charge in [0.1, 0.15) is 0 Å². The van der Waals surface area contributed by atoms with Crippen LogP contribution in [0.1, 0.15) is 37.0 Å². The minimum Gasteiger partial charge on any atom is -0.339 e. The van der Waals surface area contributed by atoms with Crippen LogP contribution < -0.4 is 10.2 Å². The van der Waals surface area contributed by atoms with E-state index in [1.165, 1.54) is 0 Å². The highest BCUT2D eigenvalue weighted by atomic mass is 16.1. The van der Waals surface area contributed by atoms with Gasteiger partial charge in [-0.3, -0.25) is 4.79 Å². The normalized spacial score (nSPS) is 15.5. The fraction of sp³-hybridized carbons (Fsp3) is 0.412. The quantitative estimate of drug-likeness (QED) is 0.875. The third-order valence-electron chi connectivity index (χ3n) is 4.16. The lowest BCUT2D eigenvalue weighted by Crippen LogP contribution is -2.34. The molecule has 6 nitrogen and oxygen atoms in total. The summed E-state index contributed by atoms with van der Waals surface area (Å²) >= 11 is 0. The summed E-state index contributed by atoms with van der Waals surface area (Å²) < 4.78 is 0. The van der Waals surface area contributed by atoms with Crippen molar-refractivity contribution in [2.45, 2.75) is 26.7 Å². The van der Waals surface area contributed by atoms with Crippen LogP contribution in [0.4, 0.5) is 17.5 Å². The number of nitrogens with one attached hydrogen (secondary N) is 1. The molecule has 0 atom stereocenters. The summed E-state index contributed by atoms with van der Waals surface area (Å²) in [7, 11) is 0. The highest BCUT2D eigenvalue weighted by Crippen LogP contribution is 2.21. The summed E-state index contributed by atoms with van der Waals surface area (Å²) in [6, 6.07) is 7.36.